The van der Waals surface area contributed by atoms with Crippen LogP contribution in [0.5, 0.6) is 0 Å². The molecule has 5 heteroatoms. The lowest BCUT2D eigenvalue weighted by atomic mass is 10.2. The topological polar surface area (TPSA) is 73.1 Å². The molecule has 0 amide bonds. The number of aryl methyl sites for hydroxylation is 1. The highest BCUT2D eigenvalue weighted by Crippen LogP contribution is 2.12. The Morgan fingerprint density at radius 2 is 2.33 bits per heavy atom. The third kappa shape index (κ3) is 3.71. The van der Waals surface area contributed by atoms with Gasteiger partial charge in [-0.3, -0.25) is 0 Å². The summed E-state index contributed by atoms with van der Waals surface area (Å²) < 4.78 is 5.01. The second-order valence-corrected chi connectivity index (χ2v) is 3.59. The van der Waals surface area contributed by atoms with Gasteiger partial charge in [0.2, 0.25) is 5.95 Å². The fraction of sp³-hybridized carbons (Fsp3) is 0.600. The molecule has 1 aromatic heterocycles. The van der Waals surface area contributed by atoms with Gasteiger partial charge in [0.05, 0.1) is 0 Å². The van der Waals surface area contributed by atoms with E-state index in [0.29, 0.717) is 12.0 Å². The number of nitrogens with zero attached hydrogens (tertiary/aromatic N) is 2. The minimum Gasteiger partial charge on any atom is -0.385 e. The van der Waals surface area contributed by atoms with E-state index in [-0.39, 0.29) is 0 Å². The largest absolute Gasteiger partial charge is 0.385 e. The predicted molar refractivity (Wildman–Crippen MR) is 60.8 cm³/mol. The highest BCUT2D eigenvalue weighted by Gasteiger charge is 2.06. The van der Waals surface area contributed by atoms with Gasteiger partial charge >= 0.3 is 0 Å². The van der Waals surface area contributed by atoms with E-state index in [9.17, 15) is 0 Å². The average Bonchev–Trinajstić information content (AvgIpc) is 2.20. The summed E-state index contributed by atoms with van der Waals surface area (Å²) in [6.45, 7) is 4.76. The highest BCUT2D eigenvalue weighted by atomic mass is 16.5. The number of nitrogens with one attached hydrogen (secondary N) is 1. The van der Waals surface area contributed by atoms with Crippen LogP contribution in [0.3, 0.4) is 0 Å². The molecule has 1 rings (SSSR count). The number of hydrogen-bond acceptors (Lipinski definition) is 5. The molecule has 3 N–H and O–H groups in total. The van der Waals surface area contributed by atoms with Gasteiger partial charge in [-0.25, -0.2) is 4.98 Å². The highest BCUT2D eigenvalue weighted by molar-refractivity contribution is 5.45. The number of nitrogens with two attached hydrogens (primary N) is 1. The summed E-state index contributed by atoms with van der Waals surface area (Å²) in [6.07, 6.45) is 2.65. The number of anilines is 2. The van der Waals surface area contributed by atoms with Gasteiger partial charge in [-0.05, 0) is 20.3 Å². The van der Waals surface area contributed by atoms with Crippen LogP contribution >= 0.6 is 0 Å². The lowest BCUT2D eigenvalue weighted by Crippen LogP contribution is -2.19. The van der Waals surface area contributed by atoms with E-state index in [1.807, 2.05) is 6.92 Å². The number of rotatable bonds is 5. The minimum atomic E-state index is 0.294. The lowest BCUT2D eigenvalue weighted by Gasteiger charge is -2.15. The summed E-state index contributed by atoms with van der Waals surface area (Å²) in [5, 5.41) is 3.27. The zero-order valence-corrected chi connectivity index (χ0v) is 9.45. The quantitative estimate of drug-likeness (QED) is 0.764. The van der Waals surface area contributed by atoms with Crippen molar-refractivity contribution in [1.29, 1.82) is 0 Å². The molecular formula is C10H18N4O. The Morgan fingerprint density at radius 3 is 3.00 bits per heavy atom. The SMILES string of the molecule is COCCC(C)Nc1nc(N)ncc1C. The van der Waals surface area contributed by atoms with Crippen molar-refractivity contribution in [1.82, 2.24) is 9.97 Å². The van der Waals surface area contributed by atoms with Crippen LogP contribution in [0.2, 0.25) is 0 Å². The molecule has 0 saturated carbocycles. The molecule has 84 valence electrons. The van der Waals surface area contributed by atoms with Crippen LogP contribution in [-0.4, -0.2) is 29.7 Å². The molecule has 0 bridgehead atoms. The Labute approximate surface area is 90.1 Å². The maximum Gasteiger partial charge on any atom is 0.221 e. The monoisotopic (exact) mass is 210 g/mol. The van der Waals surface area contributed by atoms with Crippen LogP contribution in [0.4, 0.5) is 11.8 Å². The standard InChI is InChI=1S/C10H18N4O/c1-7-6-12-10(11)14-9(7)13-8(2)4-5-15-3/h6,8H,4-5H2,1-3H3,(H3,11,12,13,14). The van der Waals surface area contributed by atoms with Crippen molar-refractivity contribution < 1.29 is 4.74 Å². The first kappa shape index (κ1) is 11.7. The molecule has 15 heavy (non-hydrogen) atoms. The summed E-state index contributed by atoms with van der Waals surface area (Å²) in [5.41, 5.74) is 6.51. The Bertz CT molecular complexity index is 316. The number of hydrogen-bond donors (Lipinski definition) is 2. The molecule has 0 aliphatic rings. The number of aromatic nitrogens is 2. The maximum absolute atomic E-state index is 5.52. The van der Waals surface area contributed by atoms with E-state index in [1.165, 1.54) is 0 Å². The predicted octanol–water partition coefficient (Wildman–Crippen LogP) is 1.20. The molecule has 1 atom stereocenters. The van der Waals surface area contributed by atoms with Crippen molar-refractivity contribution in [3.05, 3.63) is 11.8 Å². The Balaban J connectivity index is 2.59. The molecule has 1 heterocycles. The third-order valence-electron chi connectivity index (χ3n) is 2.13. The Kier molecular flexibility index (Phi) is 4.30. The lowest BCUT2D eigenvalue weighted by molar-refractivity contribution is 0.191. The van der Waals surface area contributed by atoms with Crippen molar-refractivity contribution in [3.8, 4) is 0 Å². The molecule has 1 unspecified atom stereocenters. The first-order chi connectivity index (χ1) is 7.13. The van der Waals surface area contributed by atoms with Crippen LogP contribution in [0.25, 0.3) is 0 Å². The molecule has 0 aliphatic heterocycles. The fourth-order valence-corrected chi connectivity index (χ4v) is 1.20. The Hall–Kier alpha value is -1.36. The Morgan fingerprint density at radius 1 is 1.60 bits per heavy atom. The zero-order valence-electron chi connectivity index (χ0n) is 9.45. The number of nitrogen functional groups attached to an aromatic ring is 1. The molecule has 0 radical (unpaired) electrons. The summed E-state index contributed by atoms with van der Waals surface area (Å²) in [5.74, 6) is 1.09. The molecule has 0 aromatic carbocycles. The van der Waals surface area contributed by atoms with E-state index in [0.717, 1.165) is 24.4 Å². The second-order valence-electron chi connectivity index (χ2n) is 3.59. The first-order valence-electron chi connectivity index (χ1n) is 4.98. The molecule has 0 aliphatic carbocycles. The van der Waals surface area contributed by atoms with Gasteiger partial charge in [-0.15, -0.1) is 0 Å². The smallest absolute Gasteiger partial charge is 0.221 e. The normalized spacial score (nSPS) is 12.5. The molecule has 5 nitrogen and oxygen atoms in total. The number of ether oxygens (including phenoxy) is 1. The van der Waals surface area contributed by atoms with E-state index in [4.69, 9.17) is 10.5 Å². The summed E-state index contributed by atoms with van der Waals surface area (Å²) >= 11 is 0. The maximum atomic E-state index is 5.52. The van der Waals surface area contributed by atoms with Crippen molar-refractivity contribution >= 4 is 11.8 Å². The van der Waals surface area contributed by atoms with Crippen molar-refractivity contribution in [3.63, 3.8) is 0 Å². The first-order valence-corrected chi connectivity index (χ1v) is 4.98. The fourth-order valence-electron chi connectivity index (χ4n) is 1.20. The molecular weight excluding hydrogens is 192 g/mol. The summed E-state index contributed by atoms with van der Waals surface area (Å²) in [6, 6.07) is 0.304. The molecule has 0 fully saturated rings. The van der Waals surface area contributed by atoms with E-state index < -0.39 is 0 Å². The van der Waals surface area contributed by atoms with Gasteiger partial charge < -0.3 is 15.8 Å². The number of methoxy groups -OCH3 is 1. The van der Waals surface area contributed by atoms with Crippen LogP contribution in [0.1, 0.15) is 18.9 Å². The van der Waals surface area contributed by atoms with Gasteiger partial charge in [-0.1, -0.05) is 0 Å². The van der Waals surface area contributed by atoms with E-state index in [2.05, 4.69) is 22.2 Å². The van der Waals surface area contributed by atoms with E-state index in [1.54, 1.807) is 13.3 Å². The van der Waals surface area contributed by atoms with Crippen LogP contribution in [0, 0.1) is 6.92 Å². The van der Waals surface area contributed by atoms with Gasteiger partial charge in [0.25, 0.3) is 0 Å². The van der Waals surface area contributed by atoms with Gasteiger partial charge in [-0.2, -0.15) is 4.98 Å². The summed E-state index contributed by atoms with van der Waals surface area (Å²) in [7, 11) is 1.70. The molecule has 0 saturated heterocycles. The van der Waals surface area contributed by atoms with Gasteiger partial charge in [0.1, 0.15) is 5.82 Å². The van der Waals surface area contributed by atoms with Crippen molar-refractivity contribution in [2.75, 3.05) is 24.8 Å². The van der Waals surface area contributed by atoms with Crippen LogP contribution in [-0.2, 0) is 4.74 Å². The average molecular weight is 210 g/mol. The van der Waals surface area contributed by atoms with Crippen molar-refractivity contribution in [2.45, 2.75) is 26.3 Å². The second kappa shape index (κ2) is 5.50. The van der Waals surface area contributed by atoms with Crippen molar-refractivity contribution in [2.24, 2.45) is 0 Å². The summed E-state index contributed by atoms with van der Waals surface area (Å²) in [4.78, 5) is 8.05. The zero-order chi connectivity index (χ0) is 11.3. The third-order valence-corrected chi connectivity index (χ3v) is 2.13. The van der Waals surface area contributed by atoms with Gasteiger partial charge in [0.15, 0.2) is 0 Å². The minimum absolute atomic E-state index is 0.294. The van der Waals surface area contributed by atoms with Crippen LogP contribution < -0.4 is 11.1 Å². The van der Waals surface area contributed by atoms with E-state index >= 15 is 0 Å². The molecule has 0 spiro atoms. The van der Waals surface area contributed by atoms with Crippen LogP contribution in [0.15, 0.2) is 6.20 Å². The molecule has 1 aromatic rings. The van der Waals surface area contributed by atoms with Gasteiger partial charge in [0, 0.05) is 31.5 Å².